The predicted molar refractivity (Wildman–Crippen MR) is 135 cm³/mol. The number of thioether (sulfide) groups is 1. The molecule has 2 heterocycles. The molecular weight excluding hydrogens is 461 g/mol. The number of nitrogens with zero attached hydrogens (tertiary/aromatic N) is 2. The summed E-state index contributed by atoms with van der Waals surface area (Å²) in [5.41, 5.74) is 5.95. The number of benzene rings is 3. The normalized spacial score (nSPS) is 11.5. The number of H-pyrrole nitrogens is 1. The molecule has 0 bridgehead atoms. The Labute approximate surface area is 199 Å². The van der Waals surface area contributed by atoms with Crippen LogP contribution in [0.2, 0.25) is 10.0 Å². The van der Waals surface area contributed by atoms with E-state index in [0.717, 1.165) is 33.3 Å². The number of hydrogen-bond acceptors (Lipinski definition) is 3. The van der Waals surface area contributed by atoms with Crippen LogP contribution in [-0.4, -0.2) is 14.5 Å². The summed E-state index contributed by atoms with van der Waals surface area (Å²) >= 11 is 13.8. The quantitative estimate of drug-likeness (QED) is 0.221. The van der Waals surface area contributed by atoms with Gasteiger partial charge in [0.05, 0.1) is 15.7 Å². The zero-order valence-corrected chi connectivity index (χ0v) is 19.8. The molecule has 5 rings (SSSR count). The number of hydrogen-bond donors (Lipinski definition) is 1. The van der Waals surface area contributed by atoms with Gasteiger partial charge in [-0.2, -0.15) is 0 Å². The van der Waals surface area contributed by atoms with Crippen LogP contribution in [0.4, 0.5) is 0 Å². The SMILES string of the molecule is Cc1cc(C)cc(-n2c(SCc3ccc(Cl)c(Cl)c3)nc3c([nH]c4ccccc43)c2=O)c1. The lowest BCUT2D eigenvalue weighted by Crippen LogP contribution is -2.22. The Hall–Kier alpha value is -2.73. The van der Waals surface area contributed by atoms with Gasteiger partial charge in [0.2, 0.25) is 0 Å². The lowest BCUT2D eigenvalue weighted by atomic mass is 10.1. The molecule has 0 radical (unpaired) electrons. The Morgan fingerprint density at radius 1 is 0.969 bits per heavy atom. The number of aromatic nitrogens is 3. The van der Waals surface area contributed by atoms with Crippen LogP contribution in [0, 0.1) is 13.8 Å². The van der Waals surface area contributed by atoms with Gasteiger partial charge in [0, 0.05) is 16.7 Å². The highest BCUT2D eigenvalue weighted by atomic mass is 35.5. The van der Waals surface area contributed by atoms with E-state index in [4.69, 9.17) is 28.2 Å². The molecule has 0 unspecified atom stereocenters. The molecule has 0 spiro atoms. The van der Waals surface area contributed by atoms with Crippen molar-refractivity contribution < 1.29 is 0 Å². The fraction of sp³-hybridized carbons (Fsp3) is 0.120. The summed E-state index contributed by atoms with van der Waals surface area (Å²) in [6, 6.07) is 19.5. The van der Waals surface area contributed by atoms with Gasteiger partial charge in [0.25, 0.3) is 5.56 Å². The Kier molecular flexibility index (Phi) is 5.49. The molecule has 0 amide bonds. The van der Waals surface area contributed by atoms with Crippen LogP contribution in [0.1, 0.15) is 16.7 Å². The molecule has 1 N–H and O–H groups in total. The number of fused-ring (bicyclic) bond motifs is 3. The third-order valence-electron chi connectivity index (χ3n) is 5.31. The minimum Gasteiger partial charge on any atom is -0.349 e. The van der Waals surface area contributed by atoms with E-state index in [1.165, 1.54) is 11.8 Å². The van der Waals surface area contributed by atoms with Gasteiger partial charge in [-0.25, -0.2) is 4.98 Å². The van der Waals surface area contributed by atoms with Crippen molar-refractivity contribution in [2.75, 3.05) is 0 Å². The maximum absolute atomic E-state index is 13.7. The van der Waals surface area contributed by atoms with Crippen molar-refractivity contribution in [3.8, 4) is 5.69 Å². The largest absolute Gasteiger partial charge is 0.349 e. The minimum atomic E-state index is -0.118. The minimum absolute atomic E-state index is 0.118. The van der Waals surface area contributed by atoms with Crippen LogP contribution in [0.5, 0.6) is 0 Å². The zero-order chi connectivity index (χ0) is 22.4. The molecule has 4 nitrogen and oxygen atoms in total. The molecule has 5 aromatic rings. The van der Waals surface area contributed by atoms with E-state index in [1.807, 2.05) is 62.4 Å². The first-order valence-corrected chi connectivity index (χ1v) is 11.8. The molecule has 0 aliphatic rings. The fourth-order valence-corrected chi connectivity index (χ4v) is 5.19. The highest BCUT2D eigenvalue weighted by molar-refractivity contribution is 7.98. The number of halogens is 2. The monoisotopic (exact) mass is 479 g/mol. The number of para-hydroxylation sites is 1. The summed E-state index contributed by atoms with van der Waals surface area (Å²) < 4.78 is 1.69. The van der Waals surface area contributed by atoms with Crippen LogP contribution in [0.25, 0.3) is 27.6 Å². The Bertz CT molecular complexity index is 1530. The van der Waals surface area contributed by atoms with E-state index in [9.17, 15) is 4.79 Å². The average Bonchev–Trinajstić information content (AvgIpc) is 3.13. The third-order valence-corrected chi connectivity index (χ3v) is 7.06. The average molecular weight is 480 g/mol. The van der Waals surface area contributed by atoms with Gasteiger partial charge in [-0.3, -0.25) is 9.36 Å². The van der Waals surface area contributed by atoms with Crippen LogP contribution >= 0.6 is 35.0 Å². The van der Waals surface area contributed by atoms with Crippen molar-refractivity contribution in [2.24, 2.45) is 0 Å². The van der Waals surface area contributed by atoms with E-state index in [-0.39, 0.29) is 5.56 Å². The predicted octanol–water partition coefficient (Wildman–Crippen LogP) is 7.08. The molecule has 0 saturated heterocycles. The molecule has 0 aliphatic carbocycles. The second kappa shape index (κ2) is 8.32. The van der Waals surface area contributed by atoms with Crippen molar-refractivity contribution in [3.63, 3.8) is 0 Å². The summed E-state index contributed by atoms with van der Waals surface area (Å²) in [6.07, 6.45) is 0. The van der Waals surface area contributed by atoms with Gasteiger partial charge in [-0.05, 0) is 60.9 Å². The van der Waals surface area contributed by atoms with Crippen molar-refractivity contribution in [2.45, 2.75) is 24.8 Å². The molecule has 0 saturated carbocycles. The fourth-order valence-electron chi connectivity index (χ4n) is 3.92. The Balaban J connectivity index is 1.71. The van der Waals surface area contributed by atoms with Crippen LogP contribution in [-0.2, 0) is 5.75 Å². The van der Waals surface area contributed by atoms with Crippen molar-refractivity contribution >= 4 is 56.9 Å². The van der Waals surface area contributed by atoms with Gasteiger partial charge in [-0.1, -0.05) is 65.3 Å². The number of aromatic amines is 1. The summed E-state index contributed by atoms with van der Waals surface area (Å²) in [6.45, 7) is 4.05. The smallest absolute Gasteiger partial charge is 0.283 e. The molecule has 160 valence electrons. The number of nitrogens with one attached hydrogen (secondary N) is 1. The van der Waals surface area contributed by atoms with E-state index in [2.05, 4.69) is 11.1 Å². The molecule has 2 aromatic heterocycles. The summed E-state index contributed by atoms with van der Waals surface area (Å²) in [5.74, 6) is 0.599. The van der Waals surface area contributed by atoms with E-state index >= 15 is 0 Å². The molecule has 0 fully saturated rings. The maximum Gasteiger partial charge on any atom is 0.283 e. The molecular formula is C25H19Cl2N3OS. The van der Waals surface area contributed by atoms with Gasteiger partial charge < -0.3 is 4.98 Å². The molecule has 0 aliphatic heterocycles. The second-order valence-corrected chi connectivity index (χ2v) is 9.57. The zero-order valence-electron chi connectivity index (χ0n) is 17.4. The molecule has 7 heteroatoms. The second-order valence-electron chi connectivity index (χ2n) is 7.81. The number of aryl methyl sites for hydroxylation is 2. The lowest BCUT2D eigenvalue weighted by Gasteiger charge is -2.14. The highest BCUT2D eigenvalue weighted by Gasteiger charge is 2.18. The van der Waals surface area contributed by atoms with Crippen molar-refractivity contribution in [1.29, 1.82) is 0 Å². The first kappa shape index (κ1) is 21.1. The van der Waals surface area contributed by atoms with Crippen LogP contribution < -0.4 is 5.56 Å². The van der Waals surface area contributed by atoms with Crippen molar-refractivity contribution in [1.82, 2.24) is 14.5 Å². The lowest BCUT2D eigenvalue weighted by molar-refractivity contribution is 0.817. The van der Waals surface area contributed by atoms with Gasteiger partial charge in [-0.15, -0.1) is 0 Å². The standard InChI is InChI=1S/C25H19Cl2N3OS/c1-14-9-15(2)11-17(10-14)30-24(31)23-22(18-5-3-4-6-21(18)28-23)29-25(30)32-13-16-7-8-19(26)20(27)12-16/h3-12,28H,13H2,1-2H3. The molecule has 3 aromatic carbocycles. The van der Waals surface area contributed by atoms with Gasteiger partial charge >= 0.3 is 0 Å². The third kappa shape index (κ3) is 3.81. The van der Waals surface area contributed by atoms with Crippen molar-refractivity contribution in [3.05, 3.63) is 97.8 Å². The Morgan fingerprint density at radius 3 is 2.47 bits per heavy atom. The van der Waals surface area contributed by atoms with E-state index in [1.54, 1.807) is 10.6 Å². The maximum atomic E-state index is 13.7. The Morgan fingerprint density at radius 2 is 1.72 bits per heavy atom. The van der Waals surface area contributed by atoms with Gasteiger partial charge in [0.15, 0.2) is 5.16 Å². The first-order chi connectivity index (χ1) is 15.4. The van der Waals surface area contributed by atoms with Gasteiger partial charge in [0.1, 0.15) is 11.0 Å². The first-order valence-electron chi connectivity index (χ1n) is 10.1. The summed E-state index contributed by atoms with van der Waals surface area (Å²) in [5, 5.41) is 2.59. The number of rotatable bonds is 4. The topological polar surface area (TPSA) is 50.7 Å². The van der Waals surface area contributed by atoms with E-state index < -0.39 is 0 Å². The molecule has 0 atom stereocenters. The molecule has 32 heavy (non-hydrogen) atoms. The summed E-state index contributed by atoms with van der Waals surface area (Å²) in [7, 11) is 0. The highest BCUT2D eigenvalue weighted by Crippen LogP contribution is 2.30. The summed E-state index contributed by atoms with van der Waals surface area (Å²) in [4.78, 5) is 21.9. The van der Waals surface area contributed by atoms with Crippen LogP contribution in [0.15, 0.2) is 70.6 Å². The van der Waals surface area contributed by atoms with Crippen LogP contribution in [0.3, 0.4) is 0 Å². The van der Waals surface area contributed by atoms with E-state index in [0.29, 0.717) is 32.0 Å².